The average molecular weight is 505 g/mol. The standard InChI is InChI=1S/C26H18Cl2N4O3/c1-15-11-16(2)22(32(33)34)13-20(15)23-9-7-18(35-23)14-29-26-25(19-8-6-17(27)12-21(19)28)30-24-5-3-4-10-31(24)26/h3-14H,1-2H3. The van der Waals surface area contributed by atoms with Crippen LogP contribution in [0.4, 0.5) is 11.5 Å². The molecule has 2 aromatic carbocycles. The van der Waals surface area contributed by atoms with Gasteiger partial charge in [0.05, 0.1) is 16.2 Å². The van der Waals surface area contributed by atoms with Crippen molar-refractivity contribution in [2.24, 2.45) is 4.99 Å². The van der Waals surface area contributed by atoms with Crippen molar-refractivity contribution in [3.05, 3.63) is 104 Å². The fourth-order valence-electron chi connectivity index (χ4n) is 3.96. The van der Waals surface area contributed by atoms with E-state index in [-0.39, 0.29) is 5.69 Å². The molecule has 0 atom stereocenters. The van der Waals surface area contributed by atoms with Crippen molar-refractivity contribution in [2.45, 2.75) is 13.8 Å². The second-order valence-corrected chi connectivity index (χ2v) is 8.85. The third-order valence-corrected chi connectivity index (χ3v) is 6.18. The number of aromatic nitrogens is 2. The summed E-state index contributed by atoms with van der Waals surface area (Å²) in [5, 5.41) is 12.4. The van der Waals surface area contributed by atoms with E-state index in [4.69, 9.17) is 32.6 Å². The van der Waals surface area contributed by atoms with Crippen LogP contribution in [0.2, 0.25) is 10.0 Å². The summed E-state index contributed by atoms with van der Waals surface area (Å²) in [6.45, 7) is 3.61. The number of pyridine rings is 1. The zero-order valence-corrected chi connectivity index (χ0v) is 20.2. The molecule has 0 unspecified atom stereocenters. The molecule has 0 saturated carbocycles. The molecule has 9 heteroatoms. The van der Waals surface area contributed by atoms with Gasteiger partial charge in [0.15, 0.2) is 5.82 Å². The fraction of sp³-hybridized carbons (Fsp3) is 0.0769. The number of aryl methyl sites for hydroxylation is 2. The van der Waals surface area contributed by atoms with Crippen LogP contribution in [0.1, 0.15) is 16.9 Å². The summed E-state index contributed by atoms with van der Waals surface area (Å²) in [5.74, 6) is 1.58. The van der Waals surface area contributed by atoms with Crippen molar-refractivity contribution in [3.63, 3.8) is 0 Å². The Morgan fingerprint density at radius 2 is 1.86 bits per heavy atom. The molecule has 5 aromatic rings. The van der Waals surface area contributed by atoms with E-state index in [1.54, 1.807) is 43.5 Å². The molecule has 0 fully saturated rings. The molecule has 3 aromatic heterocycles. The lowest BCUT2D eigenvalue weighted by Gasteiger charge is -2.05. The van der Waals surface area contributed by atoms with E-state index in [1.807, 2.05) is 41.8 Å². The van der Waals surface area contributed by atoms with E-state index in [2.05, 4.69) is 4.99 Å². The van der Waals surface area contributed by atoms with E-state index >= 15 is 0 Å². The largest absolute Gasteiger partial charge is 0.455 e. The third kappa shape index (κ3) is 4.32. The number of benzene rings is 2. The van der Waals surface area contributed by atoms with Gasteiger partial charge in [0, 0.05) is 34.0 Å². The first-order valence-electron chi connectivity index (χ1n) is 10.6. The van der Waals surface area contributed by atoms with Crippen molar-refractivity contribution in [2.75, 3.05) is 0 Å². The zero-order chi connectivity index (χ0) is 24.7. The van der Waals surface area contributed by atoms with Gasteiger partial charge in [-0.05, 0) is 67.9 Å². The number of nitro groups is 1. The predicted octanol–water partition coefficient (Wildman–Crippen LogP) is 7.84. The molecule has 7 nitrogen and oxygen atoms in total. The molecular weight excluding hydrogens is 487 g/mol. The van der Waals surface area contributed by atoms with Crippen LogP contribution < -0.4 is 0 Å². The Bertz CT molecular complexity index is 1640. The number of nitro benzene ring substituents is 1. The molecule has 35 heavy (non-hydrogen) atoms. The number of fused-ring (bicyclic) bond motifs is 1. The summed E-state index contributed by atoms with van der Waals surface area (Å²) in [4.78, 5) is 20.4. The molecule has 0 amide bonds. The average Bonchev–Trinajstić information content (AvgIpc) is 3.42. The molecule has 5 rings (SSSR count). The van der Waals surface area contributed by atoms with Crippen molar-refractivity contribution < 1.29 is 9.34 Å². The molecule has 3 heterocycles. The lowest BCUT2D eigenvalue weighted by atomic mass is 10.0. The van der Waals surface area contributed by atoms with Crippen LogP contribution in [0, 0.1) is 24.0 Å². The van der Waals surface area contributed by atoms with Gasteiger partial charge in [-0.25, -0.2) is 9.98 Å². The first-order valence-corrected chi connectivity index (χ1v) is 11.4. The quantitative estimate of drug-likeness (QED) is 0.138. The molecule has 0 aliphatic heterocycles. The summed E-state index contributed by atoms with van der Waals surface area (Å²) in [7, 11) is 0. The zero-order valence-electron chi connectivity index (χ0n) is 18.7. The second-order valence-electron chi connectivity index (χ2n) is 8.01. The van der Waals surface area contributed by atoms with Gasteiger partial charge in [-0.2, -0.15) is 0 Å². The molecule has 0 radical (unpaired) electrons. The van der Waals surface area contributed by atoms with Gasteiger partial charge >= 0.3 is 0 Å². The van der Waals surface area contributed by atoms with Gasteiger partial charge in [-0.15, -0.1) is 0 Å². The summed E-state index contributed by atoms with van der Waals surface area (Å²) in [6, 6.07) is 17.7. The van der Waals surface area contributed by atoms with Crippen molar-refractivity contribution >= 4 is 46.6 Å². The summed E-state index contributed by atoms with van der Waals surface area (Å²) in [5.41, 5.74) is 4.21. The Morgan fingerprint density at radius 3 is 2.63 bits per heavy atom. The number of hydrogen-bond acceptors (Lipinski definition) is 5. The van der Waals surface area contributed by atoms with E-state index in [0.717, 1.165) is 5.56 Å². The Kier molecular flexibility index (Phi) is 5.88. The number of aliphatic imine (C=N–C) groups is 1. The molecule has 0 bridgehead atoms. The van der Waals surface area contributed by atoms with Gasteiger partial charge in [-0.1, -0.05) is 29.3 Å². The van der Waals surface area contributed by atoms with Crippen LogP contribution in [0.15, 0.2) is 76.3 Å². The lowest BCUT2D eigenvalue weighted by Crippen LogP contribution is -1.94. The summed E-state index contributed by atoms with van der Waals surface area (Å²) >= 11 is 12.5. The first-order chi connectivity index (χ1) is 16.8. The Morgan fingerprint density at radius 1 is 1.03 bits per heavy atom. The highest BCUT2D eigenvalue weighted by Crippen LogP contribution is 2.37. The number of imidazole rings is 1. The summed E-state index contributed by atoms with van der Waals surface area (Å²) < 4.78 is 7.83. The maximum Gasteiger partial charge on any atom is 0.273 e. The lowest BCUT2D eigenvalue weighted by molar-refractivity contribution is -0.385. The van der Waals surface area contributed by atoms with Crippen LogP contribution in [0.25, 0.3) is 28.2 Å². The van der Waals surface area contributed by atoms with Crippen LogP contribution in [-0.4, -0.2) is 20.5 Å². The number of hydrogen-bond donors (Lipinski definition) is 0. The van der Waals surface area contributed by atoms with E-state index in [0.29, 0.717) is 55.4 Å². The minimum Gasteiger partial charge on any atom is -0.455 e. The van der Waals surface area contributed by atoms with Crippen molar-refractivity contribution in [1.82, 2.24) is 9.38 Å². The minimum absolute atomic E-state index is 0.0485. The van der Waals surface area contributed by atoms with Gasteiger partial charge < -0.3 is 4.42 Å². The van der Waals surface area contributed by atoms with Crippen molar-refractivity contribution in [3.8, 4) is 22.6 Å². The normalized spacial score (nSPS) is 11.5. The second kappa shape index (κ2) is 9.02. The molecule has 174 valence electrons. The van der Waals surface area contributed by atoms with Crippen LogP contribution in [0.3, 0.4) is 0 Å². The number of halogens is 2. The van der Waals surface area contributed by atoms with Crippen LogP contribution in [-0.2, 0) is 0 Å². The monoisotopic (exact) mass is 504 g/mol. The predicted molar refractivity (Wildman–Crippen MR) is 138 cm³/mol. The smallest absolute Gasteiger partial charge is 0.273 e. The highest BCUT2D eigenvalue weighted by atomic mass is 35.5. The van der Waals surface area contributed by atoms with Gasteiger partial charge in [-0.3, -0.25) is 14.5 Å². The first kappa shape index (κ1) is 22.8. The molecule has 0 saturated heterocycles. The number of rotatable bonds is 5. The molecule has 0 aliphatic carbocycles. The number of nitrogens with zero attached hydrogens (tertiary/aromatic N) is 4. The highest BCUT2D eigenvalue weighted by Gasteiger charge is 2.18. The Hall–Kier alpha value is -3.94. The van der Waals surface area contributed by atoms with Crippen molar-refractivity contribution in [1.29, 1.82) is 0 Å². The summed E-state index contributed by atoms with van der Waals surface area (Å²) in [6.07, 6.45) is 3.45. The molecule has 0 aliphatic rings. The maximum absolute atomic E-state index is 11.4. The van der Waals surface area contributed by atoms with Crippen LogP contribution in [0.5, 0.6) is 0 Å². The van der Waals surface area contributed by atoms with E-state index < -0.39 is 4.92 Å². The maximum atomic E-state index is 11.4. The molecular formula is C26H18Cl2N4O3. The van der Waals surface area contributed by atoms with Crippen LogP contribution >= 0.6 is 23.2 Å². The Labute approximate surface area is 210 Å². The minimum atomic E-state index is -0.391. The molecule has 0 spiro atoms. The van der Waals surface area contributed by atoms with E-state index in [1.165, 1.54) is 6.07 Å². The van der Waals surface area contributed by atoms with Gasteiger partial charge in [0.2, 0.25) is 0 Å². The van der Waals surface area contributed by atoms with Gasteiger partial charge in [0.1, 0.15) is 22.9 Å². The number of furan rings is 1. The SMILES string of the molecule is Cc1cc(C)c([N+](=O)[O-])cc1-c1ccc(C=Nc2c(-c3ccc(Cl)cc3Cl)nc3ccccn23)o1. The van der Waals surface area contributed by atoms with E-state index in [9.17, 15) is 10.1 Å². The fourth-order valence-corrected chi connectivity index (χ4v) is 4.46. The van der Waals surface area contributed by atoms with Gasteiger partial charge in [0.25, 0.3) is 5.69 Å². The third-order valence-electron chi connectivity index (χ3n) is 5.64. The topological polar surface area (TPSA) is 85.9 Å². The molecule has 0 N–H and O–H groups in total. The highest BCUT2D eigenvalue weighted by molar-refractivity contribution is 6.36. The Balaban J connectivity index is 1.56.